The molecule has 102 valence electrons. The van der Waals surface area contributed by atoms with E-state index in [1.807, 2.05) is 13.0 Å². The summed E-state index contributed by atoms with van der Waals surface area (Å²) in [4.78, 5) is 0. The molecule has 3 heteroatoms. The Morgan fingerprint density at radius 1 is 1.47 bits per heavy atom. The van der Waals surface area contributed by atoms with Gasteiger partial charge in [0, 0.05) is 6.04 Å². The maximum atomic E-state index is 8.93. The molecule has 0 radical (unpaired) electrons. The molecule has 0 aromatic heterocycles. The Hall–Kier alpha value is -1.53. The number of hydrogen-bond acceptors (Lipinski definition) is 3. The molecule has 2 atom stereocenters. The molecule has 19 heavy (non-hydrogen) atoms. The maximum Gasteiger partial charge on any atom is 0.184 e. The molecule has 1 aliphatic rings. The smallest absolute Gasteiger partial charge is 0.184 e. The molecule has 0 amide bonds. The van der Waals surface area contributed by atoms with E-state index in [0.29, 0.717) is 12.5 Å². The predicted molar refractivity (Wildman–Crippen MR) is 76.1 cm³/mol. The lowest BCUT2D eigenvalue weighted by Gasteiger charge is -2.15. The van der Waals surface area contributed by atoms with Crippen molar-refractivity contribution in [3.8, 4) is 11.8 Å². The molecular formula is C16H22N2O. The highest BCUT2D eigenvalue weighted by molar-refractivity contribution is 5.40. The zero-order valence-corrected chi connectivity index (χ0v) is 11.8. The van der Waals surface area contributed by atoms with Crippen LogP contribution in [-0.2, 0) is 6.42 Å². The highest BCUT2D eigenvalue weighted by Crippen LogP contribution is 2.33. The summed E-state index contributed by atoms with van der Waals surface area (Å²) in [5.74, 6) is 0.822. The minimum absolute atomic E-state index is 0.339. The molecule has 1 N–H and O–H groups in total. The van der Waals surface area contributed by atoms with Crippen molar-refractivity contribution in [3.05, 3.63) is 29.3 Å². The lowest BCUT2D eigenvalue weighted by molar-refractivity contribution is 0.251. The van der Waals surface area contributed by atoms with Gasteiger partial charge in [-0.05, 0) is 55.5 Å². The average Bonchev–Trinajstić information content (AvgIpc) is 2.84. The third-order valence-electron chi connectivity index (χ3n) is 3.63. The second-order valence-electron chi connectivity index (χ2n) is 5.05. The maximum absolute atomic E-state index is 8.93. The van der Waals surface area contributed by atoms with Gasteiger partial charge in [-0.15, -0.1) is 0 Å². The average molecular weight is 258 g/mol. The van der Waals surface area contributed by atoms with Gasteiger partial charge in [0.2, 0.25) is 0 Å². The van der Waals surface area contributed by atoms with Crippen LogP contribution in [0.4, 0.5) is 0 Å². The van der Waals surface area contributed by atoms with Crippen molar-refractivity contribution in [1.29, 1.82) is 5.26 Å². The third-order valence-corrected chi connectivity index (χ3v) is 3.63. The fourth-order valence-electron chi connectivity index (χ4n) is 2.56. The molecule has 0 bridgehead atoms. The van der Waals surface area contributed by atoms with E-state index in [1.165, 1.54) is 11.1 Å². The molecular weight excluding hydrogens is 236 g/mol. The molecule has 2 unspecified atom stereocenters. The van der Waals surface area contributed by atoms with Crippen molar-refractivity contribution < 1.29 is 4.74 Å². The van der Waals surface area contributed by atoms with Gasteiger partial charge in [-0.3, -0.25) is 0 Å². The van der Waals surface area contributed by atoms with E-state index >= 15 is 0 Å². The van der Waals surface area contributed by atoms with Gasteiger partial charge in [-0.1, -0.05) is 19.9 Å². The standard InChI is InChI=1S/C16H22N2O/c1-3-9-18-16-8-5-12-10-14(6-7-15(12)16)19-13(4-2)11-17/h6-7,10,13,16,18H,3-5,8-9H2,1-2H3. The first kappa shape index (κ1) is 13.9. The second-order valence-corrected chi connectivity index (χ2v) is 5.05. The molecule has 1 aromatic carbocycles. The van der Waals surface area contributed by atoms with Crippen molar-refractivity contribution in [1.82, 2.24) is 5.32 Å². The molecule has 0 spiro atoms. The lowest BCUT2D eigenvalue weighted by atomic mass is 10.1. The summed E-state index contributed by atoms with van der Waals surface area (Å²) in [6, 6.07) is 8.90. The van der Waals surface area contributed by atoms with Gasteiger partial charge in [-0.2, -0.15) is 5.26 Å². The summed E-state index contributed by atoms with van der Waals surface area (Å²) < 4.78 is 5.67. The van der Waals surface area contributed by atoms with Crippen LogP contribution in [0.1, 0.15) is 50.3 Å². The van der Waals surface area contributed by atoms with Gasteiger partial charge in [-0.25, -0.2) is 0 Å². The van der Waals surface area contributed by atoms with E-state index in [-0.39, 0.29) is 6.10 Å². The quantitative estimate of drug-likeness (QED) is 0.851. The minimum atomic E-state index is -0.339. The summed E-state index contributed by atoms with van der Waals surface area (Å²) in [6.07, 6.45) is 3.79. The number of ether oxygens (including phenoxy) is 1. The number of fused-ring (bicyclic) bond motifs is 1. The fourth-order valence-corrected chi connectivity index (χ4v) is 2.56. The van der Waals surface area contributed by atoms with Crippen molar-refractivity contribution in [2.75, 3.05) is 6.54 Å². The van der Waals surface area contributed by atoms with E-state index in [4.69, 9.17) is 10.00 Å². The Kier molecular flexibility index (Phi) is 4.81. The summed E-state index contributed by atoms with van der Waals surface area (Å²) in [5, 5.41) is 12.5. The van der Waals surface area contributed by atoms with Crippen molar-refractivity contribution in [2.45, 2.75) is 51.7 Å². The van der Waals surface area contributed by atoms with Crippen molar-refractivity contribution in [2.24, 2.45) is 0 Å². The minimum Gasteiger partial charge on any atom is -0.476 e. The Labute approximate surface area is 115 Å². The molecule has 3 nitrogen and oxygen atoms in total. The molecule has 0 heterocycles. The molecule has 0 saturated carbocycles. The van der Waals surface area contributed by atoms with E-state index < -0.39 is 0 Å². The third kappa shape index (κ3) is 3.27. The normalized spacial score (nSPS) is 18.7. The van der Waals surface area contributed by atoms with E-state index in [9.17, 15) is 0 Å². The van der Waals surface area contributed by atoms with Crippen LogP contribution in [0.15, 0.2) is 18.2 Å². The highest BCUT2D eigenvalue weighted by atomic mass is 16.5. The van der Waals surface area contributed by atoms with Crippen LogP contribution in [0, 0.1) is 11.3 Å². The van der Waals surface area contributed by atoms with Crippen LogP contribution in [0.5, 0.6) is 5.75 Å². The van der Waals surface area contributed by atoms with Gasteiger partial charge < -0.3 is 10.1 Å². The van der Waals surface area contributed by atoms with Gasteiger partial charge in [0.1, 0.15) is 11.8 Å². The fraction of sp³-hybridized carbons (Fsp3) is 0.562. The first-order valence-corrected chi connectivity index (χ1v) is 7.21. The first-order valence-electron chi connectivity index (χ1n) is 7.21. The largest absolute Gasteiger partial charge is 0.476 e. The topological polar surface area (TPSA) is 45.0 Å². The number of rotatable bonds is 6. The Morgan fingerprint density at radius 2 is 2.32 bits per heavy atom. The van der Waals surface area contributed by atoms with Gasteiger partial charge in [0.25, 0.3) is 0 Å². The highest BCUT2D eigenvalue weighted by Gasteiger charge is 2.22. The molecule has 0 saturated heterocycles. The predicted octanol–water partition coefficient (Wildman–Crippen LogP) is 3.35. The van der Waals surface area contributed by atoms with Crippen molar-refractivity contribution >= 4 is 0 Å². The summed E-state index contributed by atoms with van der Waals surface area (Å²) >= 11 is 0. The van der Waals surface area contributed by atoms with Crippen LogP contribution in [0.25, 0.3) is 0 Å². The van der Waals surface area contributed by atoms with Crippen LogP contribution in [0.2, 0.25) is 0 Å². The molecule has 2 rings (SSSR count). The summed E-state index contributed by atoms with van der Waals surface area (Å²) in [7, 11) is 0. The summed E-state index contributed by atoms with van der Waals surface area (Å²) in [5.41, 5.74) is 2.75. The monoisotopic (exact) mass is 258 g/mol. The molecule has 0 aliphatic heterocycles. The van der Waals surface area contributed by atoms with Gasteiger partial charge in [0.15, 0.2) is 6.10 Å². The van der Waals surface area contributed by atoms with Crippen LogP contribution in [0.3, 0.4) is 0 Å². The second kappa shape index (κ2) is 6.58. The number of nitriles is 1. The van der Waals surface area contributed by atoms with E-state index in [0.717, 1.165) is 31.6 Å². The zero-order valence-electron chi connectivity index (χ0n) is 11.8. The van der Waals surface area contributed by atoms with Crippen LogP contribution < -0.4 is 10.1 Å². The summed E-state index contributed by atoms with van der Waals surface area (Å²) in [6.45, 7) is 5.22. The number of aryl methyl sites for hydroxylation is 1. The number of hydrogen-bond donors (Lipinski definition) is 1. The lowest BCUT2D eigenvalue weighted by Crippen LogP contribution is -2.19. The number of nitrogens with zero attached hydrogens (tertiary/aromatic N) is 1. The Morgan fingerprint density at radius 3 is 3.00 bits per heavy atom. The Balaban J connectivity index is 2.07. The first-order chi connectivity index (χ1) is 9.28. The number of benzene rings is 1. The number of nitrogens with one attached hydrogen (secondary N) is 1. The van der Waals surface area contributed by atoms with E-state index in [2.05, 4.69) is 30.4 Å². The van der Waals surface area contributed by atoms with Gasteiger partial charge >= 0.3 is 0 Å². The van der Waals surface area contributed by atoms with Crippen LogP contribution in [-0.4, -0.2) is 12.6 Å². The molecule has 1 aromatic rings. The Bertz CT molecular complexity index is 464. The van der Waals surface area contributed by atoms with Crippen molar-refractivity contribution in [3.63, 3.8) is 0 Å². The van der Waals surface area contributed by atoms with Crippen LogP contribution >= 0.6 is 0 Å². The van der Waals surface area contributed by atoms with E-state index in [1.54, 1.807) is 0 Å². The molecule has 0 fully saturated rings. The molecule has 1 aliphatic carbocycles. The van der Waals surface area contributed by atoms with Gasteiger partial charge in [0.05, 0.1) is 0 Å². The SMILES string of the molecule is CCCNC1CCc2cc(OC(C#N)CC)ccc21. The zero-order chi connectivity index (χ0) is 13.7.